The van der Waals surface area contributed by atoms with Gasteiger partial charge in [-0.15, -0.1) is 0 Å². The molecule has 6 nitrogen and oxygen atoms in total. The summed E-state index contributed by atoms with van der Waals surface area (Å²) in [5.41, 5.74) is 5.44. The number of rotatable bonds is 4. The van der Waals surface area contributed by atoms with Gasteiger partial charge in [0.2, 0.25) is 5.91 Å². The van der Waals surface area contributed by atoms with E-state index in [9.17, 15) is 4.79 Å². The third kappa shape index (κ3) is 3.16. The molecular formula is C24H22N4O2. The number of hydrogen-bond acceptors (Lipinski definition) is 3. The number of aromatic nitrogens is 3. The smallest absolute Gasteiger partial charge is 0.247 e. The number of amides is 1. The third-order valence-corrected chi connectivity index (χ3v) is 5.40. The Balaban J connectivity index is 1.50. The van der Waals surface area contributed by atoms with E-state index in [1.807, 2.05) is 35.3 Å². The lowest BCUT2D eigenvalue weighted by Crippen LogP contribution is -2.24. The van der Waals surface area contributed by atoms with E-state index in [-0.39, 0.29) is 5.91 Å². The van der Waals surface area contributed by atoms with Crippen LogP contribution < -0.4 is 0 Å². The zero-order chi connectivity index (χ0) is 20.7. The number of benzene rings is 1. The van der Waals surface area contributed by atoms with Crippen LogP contribution in [0.5, 0.6) is 0 Å². The van der Waals surface area contributed by atoms with Crippen LogP contribution in [0.15, 0.2) is 71.6 Å². The van der Waals surface area contributed by atoms with Gasteiger partial charge >= 0.3 is 0 Å². The van der Waals surface area contributed by atoms with E-state index < -0.39 is 0 Å². The fourth-order valence-corrected chi connectivity index (χ4v) is 3.95. The highest BCUT2D eigenvalue weighted by molar-refractivity contribution is 5.91. The van der Waals surface area contributed by atoms with Gasteiger partial charge in [-0.3, -0.25) is 4.79 Å². The summed E-state index contributed by atoms with van der Waals surface area (Å²) in [5, 5.41) is 4.91. The molecule has 0 saturated carbocycles. The standard InChI is InChI=1S/C24H22N4O2/c1-17-7-9-22(18(2)14-17)28-24(26-11-3-4-12-26)20-15-27(16-21(20)25-28)23(29)10-8-19-6-5-13-30-19/h3-14H,15-16H2,1-2H3. The van der Waals surface area contributed by atoms with Crippen LogP contribution in [0.25, 0.3) is 17.6 Å². The quantitative estimate of drug-likeness (QED) is 0.478. The number of nitrogens with zero attached hydrogens (tertiary/aromatic N) is 4. The SMILES string of the molecule is Cc1ccc(-n2nc3c(c2-n2cccc2)CN(C(=O)C=Cc2ccco2)C3)c(C)c1. The van der Waals surface area contributed by atoms with Crippen LogP contribution >= 0.6 is 0 Å². The molecule has 0 radical (unpaired) electrons. The van der Waals surface area contributed by atoms with Crippen molar-refractivity contribution in [2.24, 2.45) is 0 Å². The molecule has 3 aromatic heterocycles. The Kier molecular flexibility index (Phi) is 4.39. The molecule has 30 heavy (non-hydrogen) atoms. The largest absolute Gasteiger partial charge is 0.465 e. The van der Waals surface area contributed by atoms with Crippen molar-refractivity contribution in [3.05, 3.63) is 95.3 Å². The van der Waals surface area contributed by atoms with Crippen molar-refractivity contribution in [1.29, 1.82) is 0 Å². The summed E-state index contributed by atoms with van der Waals surface area (Å²) in [5.74, 6) is 1.58. The average molecular weight is 398 g/mol. The molecule has 4 aromatic rings. The van der Waals surface area contributed by atoms with Crippen molar-refractivity contribution < 1.29 is 9.21 Å². The molecule has 0 aliphatic carbocycles. The van der Waals surface area contributed by atoms with Crippen LogP contribution in [0, 0.1) is 13.8 Å². The predicted octanol–water partition coefficient (Wildman–Crippen LogP) is 4.43. The second-order valence-corrected chi connectivity index (χ2v) is 7.58. The second-order valence-electron chi connectivity index (χ2n) is 7.58. The van der Waals surface area contributed by atoms with E-state index in [2.05, 4.69) is 36.6 Å². The van der Waals surface area contributed by atoms with Crippen LogP contribution in [0.3, 0.4) is 0 Å². The molecule has 4 heterocycles. The van der Waals surface area contributed by atoms with Crippen molar-refractivity contribution in [2.45, 2.75) is 26.9 Å². The van der Waals surface area contributed by atoms with Gasteiger partial charge in [-0.05, 0) is 55.8 Å². The normalized spacial score (nSPS) is 13.3. The number of fused-ring (bicyclic) bond motifs is 1. The van der Waals surface area contributed by atoms with Gasteiger partial charge in [0.25, 0.3) is 0 Å². The highest BCUT2D eigenvalue weighted by Gasteiger charge is 2.30. The summed E-state index contributed by atoms with van der Waals surface area (Å²) in [4.78, 5) is 14.5. The molecular weight excluding hydrogens is 376 g/mol. The number of aryl methyl sites for hydroxylation is 2. The van der Waals surface area contributed by atoms with Crippen LogP contribution in [-0.4, -0.2) is 25.2 Å². The van der Waals surface area contributed by atoms with Gasteiger partial charge in [0, 0.05) is 24.0 Å². The maximum atomic E-state index is 12.7. The molecule has 0 N–H and O–H groups in total. The lowest BCUT2D eigenvalue weighted by Gasteiger charge is -2.17. The van der Waals surface area contributed by atoms with E-state index >= 15 is 0 Å². The minimum atomic E-state index is -0.0547. The first-order valence-corrected chi connectivity index (χ1v) is 9.92. The van der Waals surface area contributed by atoms with E-state index in [4.69, 9.17) is 9.52 Å². The molecule has 150 valence electrons. The van der Waals surface area contributed by atoms with E-state index in [1.165, 1.54) is 11.1 Å². The molecule has 0 fully saturated rings. The molecule has 1 aliphatic heterocycles. The Labute approximate surface area is 174 Å². The number of hydrogen-bond donors (Lipinski definition) is 0. The fraction of sp³-hybridized carbons (Fsp3) is 0.167. The maximum absolute atomic E-state index is 12.7. The average Bonchev–Trinajstić information content (AvgIpc) is 3.49. The van der Waals surface area contributed by atoms with Gasteiger partial charge < -0.3 is 13.9 Å². The Hall–Kier alpha value is -3.80. The summed E-state index contributed by atoms with van der Waals surface area (Å²) < 4.78 is 9.34. The van der Waals surface area contributed by atoms with Gasteiger partial charge in [0.1, 0.15) is 11.6 Å². The van der Waals surface area contributed by atoms with E-state index in [0.29, 0.717) is 18.8 Å². The number of carbonyl (C=O) groups excluding carboxylic acids is 1. The molecule has 0 spiro atoms. The minimum absolute atomic E-state index is 0.0547. The Bertz CT molecular complexity index is 1230. The molecule has 1 amide bonds. The predicted molar refractivity (Wildman–Crippen MR) is 114 cm³/mol. The Morgan fingerprint density at radius 1 is 1.10 bits per heavy atom. The lowest BCUT2D eigenvalue weighted by atomic mass is 10.1. The van der Waals surface area contributed by atoms with E-state index in [1.54, 1.807) is 29.4 Å². The van der Waals surface area contributed by atoms with Gasteiger partial charge in [0.05, 0.1) is 30.7 Å². The molecule has 5 rings (SSSR count). The summed E-state index contributed by atoms with van der Waals surface area (Å²) in [6, 6.07) is 14.0. The fourth-order valence-electron chi connectivity index (χ4n) is 3.95. The monoisotopic (exact) mass is 398 g/mol. The molecule has 0 bridgehead atoms. The van der Waals surface area contributed by atoms with Crippen LogP contribution in [0.2, 0.25) is 0 Å². The topological polar surface area (TPSA) is 56.2 Å². The Morgan fingerprint density at radius 3 is 2.67 bits per heavy atom. The van der Waals surface area contributed by atoms with Gasteiger partial charge in [-0.25, -0.2) is 4.68 Å². The third-order valence-electron chi connectivity index (χ3n) is 5.40. The van der Waals surface area contributed by atoms with Crippen molar-refractivity contribution in [2.75, 3.05) is 0 Å². The van der Waals surface area contributed by atoms with Crippen LogP contribution in [0.1, 0.15) is 28.1 Å². The van der Waals surface area contributed by atoms with Crippen molar-refractivity contribution >= 4 is 12.0 Å². The zero-order valence-electron chi connectivity index (χ0n) is 16.9. The highest BCUT2D eigenvalue weighted by atomic mass is 16.3. The number of carbonyl (C=O) groups is 1. The molecule has 0 atom stereocenters. The first-order valence-electron chi connectivity index (χ1n) is 9.92. The van der Waals surface area contributed by atoms with Crippen molar-refractivity contribution in [1.82, 2.24) is 19.2 Å². The van der Waals surface area contributed by atoms with Gasteiger partial charge in [0.15, 0.2) is 0 Å². The molecule has 1 aliphatic rings. The van der Waals surface area contributed by atoms with Gasteiger partial charge in [-0.1, -0.05) is 17.7 Å². The minimum Gasteiger partial charge on any atom is -0.465 e. The second kappa shape index (κ2) is 7.22. The molecule has 0 saturated heterocycles. The van der Waals surface area contributed by atoms with E-state index in [0.717, 1.165) is 22.8 Å². The zero-order valence-corrected chi connectivity index (χ0v) is 16.9. The molecule has 6 heteroatoms. The summed E-state index contributed by atoms with van der Waals surface area (Å²) in [6.07, 6.45) is 8.87. The number of furan rings is 1. The first kappa shape index (κ1) is 18.2. The summed E-state index contributed by atoms with van der Waals surface area (Å²) >= 11 is 0. The molecule has 1 aromatic carbocycles. The summed E-state index contributed by atoms with van der Waals surface area (Å²) in [7, 11) is 0. The Morgan fingerprint density at radius 2 is 1.93 bits per heavy atom. The van der Waals surface area contributed by atoms with Crippen LogP contribution in [0.4, 0.5) is 0 Å². The van der Waals surface area contributed by atoms with Gasteiger partial charge in [-0.2, -0.15) is 5.10 Å². The first-order chi connectivity index (χ1) is 14.6. The van der Waals surface area contributed by atoms with Crippen molar-refractivity contribution in [3.8, 4) is 11.5 Å². The van der Waals surface area contributed by atoms with Crippen molar-refractivity contribution in [3.63, 3.8) is 0 Å². The lowest BCUT2D eigenvalue weighted by molar-refractivity contribution is -0.126. The molecule has 0 unspecified atom stereocenters. The summed E-state index contributed by atoms with van der Waals surface area (Å²) in [6.45, 7) is 5.20. The highest BCUT2D eigenvalue weighted by Crippen LogP contribution is 2.31. The maximum Gasteiger partial charge on any atom is 0.247 e. The van der Waals surface area contributed by atoms with Crippen LogP contribution in [-0.2, 0) is 17.9 Å².